The van der Waals surface area contributed by atoms with E-state index in [4.69, 9.17) is 4.74 Å². The van der Waals surface area contributed by atoms with Gasteiger partial charge in [-0.15, -0.1) is 0 Å². The van der Waals surface area contributed by atoms with Gasteiger partial charge in [0.25, 0.3) is 10.0 Å². The Morgan fingerprint density at radius 2 is 2.00 bits per heavy atom. The minimum atomic E-state index is -3.83. The van der Waals surface area contributed by atoms with Crippen molar-refractivity contribution in [2.75, 3.05) is 11.3 Å². The number of sulfonamides is 1. The third-order valence-corrected chi connectivity index (χ3v) is 4.29. The van der Waals surface area contributed by atoms with Gasteiger partial charge in [-0.3, -0.25) is 14.4 Å². The Kier molecular flexibility index (Phi) is 4.60. The normalized spacial score (nSPS) is 12.2. The van der Waals surface area contributed by atoms with Crippen LogP contribution in [-0.4, -0.2) is 34.8 Å². The Labute approximate surface area is 136 Å². The summed E-state index contributed by atoms with van der Waals surface area (Å²) in [6.45, 7) is 7.95. The molecule has 0 radical (unpaired) electrons. The van der Waals surface area contributed by atoms with Crippen LogP contribution in [0.15, 0.2) is 23.5 Å². The zero-order valence-electron chi connectivity index (χ0n) is 13.9. The highest BCUT2D eigenvalue weighted by Gasteiger charge is 2.29. The highest BCUT2D eigenvalue weighted by molar-refractivity contribution is 7.92. The van der Waals surface area contributed by atoms with E-state index in [0.717, 1.165) is 0 Å². The van der Waals surface area contributed by atoms with Crippen molar-refractivity contribution in [2.45, 2.75) is 38.0 Å². The van der Waals surface area contributed by atoms with Gasteiger partial charge < -0.3 is 4.74 Å². The first-order valence-electron chi connectivity index (χ1n) is 7.15. The number of aryl methyl sites for hydroxylation is 1. The lowest BCUT2D eigenvalue weighted by Crippen LogP contribution is -2.21. The summed E-state index contributed by atoms with van der Waals surface area (Å²) in [7, 11) is -2.15. The number of nitrogens with zero attached hydrogens (tertiary/aromatic N) is 4. The predicted molar refractivity (Wildman–Crippen MR) is 85.9 cm³/mol. The molecule has 0 aromatic carbocycles. The van der Waals surface area contributed by atoms with Crippen LogP contribution < -0.4 is 9.46 Å². The summed E-state index contributed by atoms with van der Waals surface area (Å²) in [5.41, 5.74) is 0.0749. The summed E-state index contributed by atoms with van der Waals surface area (Å²) in [5.74, 6) is 0.356. The van der Waals surface area contributed by atoms with Crippen molar-refractivity contribution in [3.8, 4) is 5.88 Å². The SMILES string of the molecule is CCOc1cncc(NS(=O)(=O)c2cn(C)nc2C(C)(C)C)n1. The van der Waals surface area contributed by atoms with Gasteiger partial charge in [0.1, 0.15) is 4.90 Å². The zero-order valence-corrected chi connectivity index (χ0v) is 14.7. The average Bonchev–Trinajstić information content (AvgIpc) is 2.82. The fourth-order valence-electron chi connectivity index (χ4n) is 1.99. The Hall–Kier alpha value is -2.16. The Morgan fingerprint density at radius 3 is 2.61 bits per heavy atom. The molecule has 0 fully saturated rings. The average molecular weight is 339 g/mol. The van der Waals surface area contributed by atoms with E-state index in [-0.39, 0.29) is 16.6 Å². The molecule has 0 aliphatic rings. The van der Waals surface area contributed by atoms with Crippen LogP contribution in [0.3, 0.4) is 0 Å². The molecule has 0 spiro atoms. The number of aromatic nitrogens is 4. The van der Waals surface area contributed by atoms with Crippen LogP contribution in [0.4, 0.5) is 5.82 Å². The van der Waals surface area contributed by atoms with E-state index >= 15 is 0 Å². The van der Waals surface area contributed by atoms with E-state index in [1.807, 2.05) is 27.7 Å². The molecule has 0 unspecified atom stereocenters. The van der Waals surface area contributed by atoms with Crippen LogP contribution in [0.25, 0.3) is 0 Å². The molecule has 0 saturated carbocycles. The molecule has 126 valence electrons. The first-order valence-corrected chi connectivity index (χ1v) is 8.63. The molecular formula is C14H21N5O3S. The van der Waals surface area contributed by atoms with Gasteiger partial charge in [-0.25, -0.2) is 8.42 Å². The van der Waals surface area contributed by atoms with Crippen LogP contribution in [0.1, 0.15) is 33.4 Å². The molecular weight excluding hydrogens is 318 g/mol. The van der Waals surface area contributed by atoms with Crippen LogP contribution >= 0.6 is 0 Å². The van der Waals surface area contributed by atoms with Crippen molar-refractivity contribution >= 4 is 15.8 Å². The van der Waals surface area contributed by atoms with Gasteiger partial charge in [-0.2, -0.15) is 10.1 Å². The number of hydrogen-bond acceptors (Lipinski definition) is 6. The summed E-state index contributed by atoms with van der Waals surface area (Å²) in [6.07, 6.45) is 4.22. The van der Waals surface area contributed by atoms with Gasteiger partial charge in [-0.1, -0.05) is 20.8 Å². The quantitative estimate of drug-likeness (QED) is 0.890. The van der Waals surface area contributed by atoms with Gasteiger partial charge in [0, 0.05) is 18.7 Å². The molecule has 0 amide bonds. The molecule has 2 heterocycles. The lowest BCUT2D eigenvalue weighted by Gasteiger charge is -2.17. The Bertz CT molecular complexity index is 793. The molecule has 2 aromatic heterocycles. The molecule has 0 aliphatic heterocycles. The van der Waals surface area contributed by atoms with Crippen LogP contribution in [-0.2, 0) is 22.5 Å². The number of rotatable bonds is 5. The lowest BCUT2D eigenvalue weighted by molar-refractivity contribution is 0.326. The summed E-state index contributed by atoms with van der Waals surface area (Å²) >= 11 is 0. The van der Waals surface area contributed by atoms with E-state index in [1.165, 1.54) is 23.3 Å². The number of hydrogen-bond donors (Lipinski definition) is 1. The minimum absolute atomic E-state index is 0.0969. The smallest absolute Gasteiger partial charge is 0.266 e. The van der Waals surface area contributed by atoms with E-state index in [1.54, 1.807) is 7.05 Å². The molecule has 8 nitrogen and oxygen atoms in total. The maximum atomic E-state index is 12.7. The van der Waals surface area contributed by atoms with Crippen molar-refractivity contribution in [3.63, 3.8) is 0 Å². The van der Waals surface area contributed by atoms with E-state index in [0.29, 0.717) is 12.3 Å². The second-order valence-electron chi connectivity index (χ2n) is 6.05. The summed E-state index contributed by atoms with van der Waals surface area (Å²) in [6, 6.07) is 0. The van der Waals surface area contributed by atoms with Crippen LogP contribution in [0, 0.1) is 0 Å². The van der Waals surface area contributed by atoms with Crippen molar-refractivity contribution in [1.29, 1.82) is 0 Å². The minimum Gasteiger partial charge on any atom is -0.477 e. The molecule has 0 atom stereocenters. The molecule has 2 rings (SSSR count). The molecule has 1 N–H and O–H groups in total. The molecule has 0 bridgehead atoms. The zero-order chi connectivity index (χ0) is 17.3. The fraction of sp³-hybridized carbons (Fsp3) is 0.500. The van der Waals surface area contributed by atoms with Crippen molar-refractivity contribution in [2.24, 2.45) is 7.05 Å². The van der Waals surface area contributed by atoms with Crippen molar-refractivity contribution in [1.82, 2.24) is 19.7 Å². The summed E-state index contributed by atoms with van der Waals surface area (Å²) in [5, 5.41) is 4.27. The Balaban J connectivity index is 2.38. The second-order valence-corrected chi connectivity index (χ2v) is 7.70. The van der Waals surface area contributed by atoms with Gasteiger partial charge in [0.05, 0.1) is 24.7 Å². The van der Waals surface area contributed by atoms with Crippen LogP contribution in [0.2, 0.25) is 0 Å². The summed E-state index contributed by atoms with van der Waals surface area (Å²) < 4.78 is 34.5. The monoisotopic (exact) mass is 339 g/mol. The largest absolute Gasteiger partial charge is 0.477 e. The van der Waals surface area contributed by atoms with Crippen molar-refractivity contribution in [3.05, 3.63) is 24.3 Å². The van der Waals surface area contributed by atoms with E-state index in [9.17, 15) is 8.42 Å². The van der Waals surface area contributed by atoms with Gasteiger partial charge in [0.2, 0.25) is 5.88 Å². The van der Waals surface area contributed by atoms with E-state index in [2.05, 4.69) is 19.8 Å². The first-order chi connectivity index (χ1) is 10.6. The first kappa shape index (κ1) is 17.2. The second kappa shape index (κ2) is 6.15. The Morgan fingerprint density at radius 1 is 1.30 bits per heavy atom. The standard InChI is InChI=1S/C14H21N5O3S/c1-6-22-12-8-15-7-11(16-12)18-23(20,21)10-9-19(5)17-13(10)14(2,3)4/h7-9H,6H2,1-5H3,(H,16,18). The van der Waals surface area contributed by atoms with Gasteiger partial charge in [-0.05, 0) is 6.92 Å². The van der Waals surface area contributed by atoms with Gasteiger partial charge >= 0.3 is 0 Å². The highest BCUT2D eigenvalue weighted by Crippen LogP contribution is 2.28. The van der Waals surface area contributed by atoms with Crippen molar-refractivity contribution < 1.29 is 13.2 Å². The van der Waals surface area contributed by atoms with Gasteiger partial charge in [0.15, 0.2) is 5.82 Å². The topological polar surface area (TPSA) is 99.0 Å². The maximum Gasteiger partial charge on any atom is 0.266 e. The molecule has 23 heavy (non-hydrogen) atoms. The third kappa shape index (κ3) is 3.98. The number of anilines is 1. The lowest BCUT2D eigenvalue weighted by atomic mass is 9.92. The molecule has 2 aromatic rings. The fourth-order valence-corrected chi connectivity index (χ4v) is 3.37. The predicted octanol–water partition coefficient (Wildman–Crippen LogP) is 1.71. The number of nitrogens with one attached hydrogen (secondary N) is 1. The number of ether oxygens (including phenoxy) is 1. The van der Waals surface area contributed by atoms with E-state index < -0.39 is 15.4 Å². The molecule has 0 saturated heterocycles. The summed E-state index contributed by atoms with van der Waals surface area (Å²) in [4.78, 5) is 8.11. The third-order valence-electron chi connectivity index (χ3n) is 2.94. The highest BCUT2D eigenvalue weighted by atomic mass is 32.2. The van der Waals surface area contributed by atoms with Crippen LogP contribution in [0.5, 0.6) is 5.88 Å². The molecule has 9 heteroatoms. The molecule has 0 aliphatic carbocycles. The maximum absolute atomic E-state index is 12.7.